The van der Waals surface area contributed by atoms with Crippen molar-refractivity contribution in [2.75, 3.05) is 13.1 Å². The first-order valence-corrected chi connectivity index (χ1v) is 8.11. The topological polar surface area (TPSA) is 66.6 Å². The number of nitrogens with zero attached hydrogens (tertiary/aromatic N) is 1. The maximum Gasteiger partial charge on any atom is 0.225 e. The van der Waals surface area contributed by atoms with Crippen LogP contribution in [0.1, 0.15) is 53.4 Å². The lowest BCUT2D eigenvalue weighted by atomic mass is 9.86. The van der Waals surface area contributed by atoms with Crippen molar-refractivity contribution in [3.05, 3.63) is 0 Å². The van der Waals surface area contributed by atoms with Crippen molar-refractivity contribution >= 4 is 5.91 Å². The number of aliphatic hydroxyl groups is 1. The Morgan fingerprint density at radius 1 is 1.30 bits per heavy atom. The molecule has 3 atom stereocenters. The van der Waals surface area contributed by atoms with Crippen molar-refractivity contribution in [1.29, 1.82) is 0 Å². The van der Waals surface area contributed by atoms with E-state index in [1.165, 1.54) is 0 Å². The van der Waals surface area contributed by atoms with Crippen molar-refractivity contribution in [1.82, 2.24) is 4.90 Å². The summed E-state index contributed by atoms with van der Waals surface area (Å²) in [5.41, 5.74) is 6.11. The van der Waals surface area contributed by atoms with Crippen LogP contribution >= 0.6 is 0 Å². The summed E-state index contributed by atoms with van der Waals surface area (Å²) in [7, 11) is 0. The van der Waals surface area contributed by atoms with Gasteiger partial charge in [-0.1, -0.05) is 27.7 Å². The Morgan fingerprint density at radius 3 is 2.40 bits per heavy atom. The Bertz CT molecular complexity index is 303. The zero-order valence-electron chi connectivity index (χ0n) is 13.5. The minimum absolute atomic E-state index is 0.0476. The van der Waals surface area contributed by atoms with E-state index in [4.69, 9.17) is 5.73 Å². The van der Waals surface area contributed by atoms with Gasteiger partial charge in [-0.05, 0) is 37.5 Å². The van der Waals surface area contributed by atoms with Gasteiger partial charge in [0.15, 0.2) is 0 Å². The van der Waals surface area contributed by atoms with E-state index in [9.17, 15) is 9.90 Å². The van der Waals surface area contributed by atoms with E-state index in [0.29, 0.717) is 12.5 Å². The van der Waals surface area contributed by atoms with Gasteiger partial charge < -0.3 is 15.7 Å². The molecule has 3 N–H and O–H groups in total. The molecule has 1 aliphatic rings. The van der Waals surface area contributed by atoms with Gasteiger partial charge in [0.05, 0.1) is 6.10 Å². The summed E-state index contributed by atoms with van der Waals surface area (Å²) in [6.07, 6.45) is 3.14. The zero-order chi connectivity index (χ0) is 15.3. The second-order valence-corrected chi connectivity index (χ2v) is 6.67. The maximum atomic E-state index is 12.5. The fourth-order valence-corrected chi connectivity index (χ4v) is 3.11. The van der Waals surface area contributed by atoms with Gasteiger partial charge in [0.25, 0.3) is 0 Å². The predicted octanol–water partition coefficient (Wildman–Crippen LogP) is 2.01. The summed E-state index contributed by atoms with van der Waals surface area (Å²) in [6.45, 7) is 9.61. The molecule has 1 rings (SSSR count). The van der Waals surface area contributed by atoms with E-state index >= 15 is 0 Å². The summed E-state index contributed by atoms with van der Waals surface area (Å²) in [4.78, 5) is 14.4. The Labute approximate surface area is 123 Å². The van der Waals surface area contributed by atoms with E-state index in [0.717, 1.165) is 32.2 Å². The Kier molecular flexibility index (Phi) is 6.96. The number of hydrogen-bond donors (Lipinski definition) is 2. The molecule has 1 aliphatic heterocycles. The lowest BCUT2D eigenvalue weighted by Gasteiger charge is -2.39. The molecule has 20 heavy (non-hydrogen) atoms. The number of likely N-dealkylation sites (tertiary alicyclic amines) is 1. The third-order valence-electron chi connectivity index (χ3n) is 4.56. The molecule has 4 heteroatoms. The Balaban J connectivity index is 2.63. The number of carbonyl (C=O) groups is 1. The highest BCUT2D eigenvalue weighted by molar-refractivity contribution is 5.78. The fourth-order valence-electron chi connectivity index (χ4n) is 3.11. The molecule has 1 heterocycles. The molecular formula is C16H32N2O2. The summed E-state index contributed by atoms with van der Waals surface area (Å²) >= 11 is 0. The molecule has 0 radical (unpaired) electrons. The van der Waals surface area contributed by atoms with Gasteiger partial charge in [0, 0.05) is 25.0 Å². The number of hydrogen-bond acceptors (Lipinski definition) is 3. The van der Waals surface area contributed by atoms with Gasteiger partial charge in [-0.25, -0.2) is 0 Å². The molecule has 0 aromatic carbocycles. The summed E-state index contributed by atoms with van der Waals surface area (Å²) in [6, 6.07) is 0.0476. The molecule has 0 bridgehead atoms. The average Bonchev–Trinajstić information content (AvgIpc) is 2.39. The van der Waals surface area contributed by atoms with Crippen molar-refractivity contribution in [2.45, 2.75) is 65.5 Å². The van der Waals surface area contributed by atoms with E-state index in [1.54, 1.807) is 0 Å². The molecule has 3 unspecified atom stereocenters. The largest absolute Gasteiger partial charge is 0.393 e. The Hall–Kier alpha value is -0.610. The highest BCUT2D eigenvalue weighted by Gasteiger charge is 2.31. The summed E-state index contributed by atoms with van der Waals surface area (Å²) < 4.78 is 0. The quantitative estimate of drug-likeness (QED) is 0.784. The van der Waals surface area contributed by atoms with Crippen LogP contribution < -0.4 is 5.73 Å². The van der Waals surface area contributed by atoms with E-state index in [1.807, 2.05) is 18.7 Å². The molecule has 4 nitrogen and oxygen atoms in total. The number of aliphatic hydroxyl groups excluding tert-OH is 1. The molecule has 0 aromatic rings. The van der Waals surface area contributed by atoms with Gasteiger partial charge in [-0.15, -0.1) is 0 Å². The van der Waals surface area contributed by atoms with Crippen molar-refractivity contribution in [2.24, 2.45) is 23.5 Å². The van der Waals surface area contributed by atoms with Gasteiger partial charge in [0.2, 0.25) is 5.91 Å². The van der Waals surface area contributed by atoms with Gasteiger partial charge in [-0.3, -0.25) is 4.79 Å². The minimum atomic E-state index is -0.296. The standard InChI is InChI=1S/C16H32N2O2/c1-5-13(6-2)16(20)18-9-12(7-14(17)10-18)8-15(19)11(3)4/h11-15,19H,5-10,17H2,1-4H3. The number of nitrogens with two attached hydrogens (primary N) is 1. The van der Waals surface area contributed by atoms with Crippen LogP contribution in [0.25, 0.3) is 0 Å². The fraction of sp³-hybridized carbons (Fsp3) is 0.938. The lowest BCUT2D eigenvalue weighted by Crippen LogP contribution is -2.51. The van der Waals surface area contributed by atoms with Crippen molar-refractivity contribution < 1.29 is 9.90 Å². The zero-order valence-corrected chi connectivity index (χ0v) is 13.5. The number of amides is 1. The molecule has 0 aliphatic carbocycles. The summed E-state index contributed by atoms with van der Waals surface area (Å²) in [5.74, 6) is 0.955. The van der Waals surface area contributed by atoms with Crippen LogP contribution in [0.5, 0.6) is 0 Å². The average molecular weight is 284 g/mol. The first-order valence-electron chi connectivity index (χ1n) is 8.11. The van der Waals surface area contributed by atoms with Crippen LogP contribution in [0.4, 0.5) is 0 Å². The minimum Gasteiger partial charge on any atom is -0.393 e. The van der Waals surface area contributed by atoms with Crippen molar-refractivity contribution in [3.63, 3.8) is 0 Å². The molecule has 0 saturated carbocycles. The third kappa shape index (κ3) is 4.74. The van der Waals surface area contributed by atoms with E-state index < -0.39 is 0 Å². The summed E-state index contributed by atoms with van der Waals surface area (Å²) in [5, 5.41) is 10.0. The van der Waals surface area contributed by atoms with Crippen LogP contribution in [-0.2, 0) is 4.79 Å². The molecule has 1 amide bonds. The van der Waals surface area contributed by atoms with Crippen molar-refractivity contribution in [3.8, 4) is 0 Å². The van der Waals surface area contributed by atoms with Crippen LogP contribution in [-0.4, -0.2) is 41.1 Å². The lowest BCUT2D eigenvalue weighted by molar-refractivity contribution is -0.138. The molecular weight excluding hydrogens is 252 g/mol. The van der Waals surface area contributed by atoms with Crippen LogP contribution in [0.3, 0.4) is 0 Å². The molecule has 0 spiro atoms. The highest BCUT2D eigenvalue weighted by atomic mass is 16.3. The number of piperidine rings is 1. The normalized spacial score (nSPS) is 25.3. The first kappa shape index (κ1) is 17.4. The van der Waals surface area contributed by atoms with Gasteiger partial charge >= 0.3 is 0 Å². The van der Waals surface area contributed by atoms with Gasteiger partial charge in [-0.2, -0.15) is 0 Å². The van der Waals surface area contributed by atoms with Crippen LogP contribution in [0, 0.1) is 17.8 Å². The first-order chi connectivity index (χ1) is 9.38. The second-order valence-electron chi connectivity index (χ2n) is 6.67. The molecule has 1 fully saturated rings. The van der Waals surface area contributed by atoms with E-state index in [2.05, 4.69) is 13.8 Å². The molecule has 0 aromatic heterocycles. The third-order valence-corrected chi connectivity index (χ3v) is 4.56. The van der Waals surface area contributed by atoms with Crippen LogP contribution in [0.15, 0.2) is 0 Å². The number of rotatable bonds is 6. The molecule has 1 saturated heterocycles. The molecule has 118 valence electrons. The maximum absolute atomic E-state index is 12.5. The van der Waals surface area contributed by atoms with E-state index in [-0.39, 0.29) is 29.9 Å². The second kappa shape index (κ2) is 7.99. The SMILES string of the molecule is CCC(CC)C(=O)N1CC(N)CC(CC(O)C(C)C)C1. The smallest absolute Gasteiger partial charge is 0.225 e. The van der Waals surface area contributed by atoms with Crippen LogP contribution in [0.2, 0.25) is 0 Å². The number of carbonyl (C=O) groups excluding carboxylic acids is 1. The Morgan fingerprint density at radius 2 is 1.90 bits per heavy atom. The predicted molar refractivity (Wildman–Crippen MR) is 82.2 cm³/mol. The highest BCUT2D eigenvalue weighted by Crippen LogP contribution is 2.25. The monoisotopic (exact) mass is 284 g/mol. The van der Waals surface area contributed by atoms with Gasteiger partial charge in [0.1, 0.15) is 0 Å².